The Morgan fingerprint density at radius 3 is 2.44 bits per heavy atom. The first kappa shape index (κ1) is 24.2. The number of halogens is 1. The Morgan fingerprint density at radius 2 is 1.76 bits per heavy atom. The second-order valence-electron chi connectivity index (χ2n) is 9.09. The maximum Gasteiger partial charge on any atom is 0.275 e. The molecule has 2 amide bonds. The predicted molar refractivity (Wildman–Crippen MR) is 126 cm³/mol. The molecule has 0 spiro atoms. The predicted octanol–water partition coefficient (Wildman–Crippen LogP) is 3.09. The van der Waals surface area contributed by atoms with Crippen LogP contribution in [0.4, 0.5) is 4.39 Å². The maximum absolute atomic E-state index is 13.6. The second-order valence-corrected chi connectivity index (χ2v) is 9.09. The topological polar surface area (TPSA) is 71.1 Å². The van der Waals surface area contributed by atoms with E-state index in [9.17, 15) is 14.0 Å². The zero-order chi connectivity index (χ0) is 24.2. The second kappa shape index (κ2) is 10.5. The number of hydrogen-bond acceptors (Lipinski definition) is 5. The van der Waals surface area contributed by atoms with Crippen LogP contribution in [0.2, 0.25) is 0 Å². The molecule has 2 aliphatic rings. The lowest BCUT2D eigenvalue weighted by molar-refractivity contribution is -0.136. The molecule has 2 atom stereocenters. The molecule has 1 N–H and O–H groups in total. The zero-order valence-corrected chi connectivity index (χ0v) is 19.9. The van der Waals surface area contributed by atoms with Crippen LogP contribution in [0.1, 0.15) is 43.5 Å². The molecule has 2 aromatic rings. The van der Waals surface area contributed by atoms with Gasteiger partial charge in [0.05, 0.1) is 19.3 Å². The maximum atomic E-state index is 13.6. The molecule has 1 fully saturated rings. The minimum absolute atomic E-state index is 0.0459. The molecule has 182 valence electrons. The van der Waals surface area contributed by atoms with Crippen LogP contribution in [0.25, 0.3) is 0 Å². The Balaban J connectivity index is 1.58. The van der Waals surface area contributed by atoms with E-state index < -0.39 is 6.10 Å². The van der Waals surface area contributed by atoms with Gasteiger partial charge in [0, 0.05) is 25.6 Å². The molecule has 0 bridgehead atoms. The molecule has 7 nitrogen and oxygen atoms in total. The van der Waals surface area contributed by atoms with Gasteiger partial charge in [0.2, 0.25) is 5.91 Å². The molecule has 0 saturated carbocycles. The first-order valence-electron chi connectivity index (χ1n) is 11.8. The Kier molecular flexibility index (Phi) is 7.48. The standard InChI is InChI=1S/C26H32FN3O4/c1-17(2)26(32)30-11-10-19-6-9-22(16-23(19)24(30)20-4-7-21(27)8-5-20)34-18(3)25(31)28-29-12-14-33-15-13-29/h4-9,16-18,24H,10-15H2,1-3H3,(H,28,31)/t18-,24-/m0/s1. The summed E-state index contributed by atoms with van der Waals surface area (Å²) in [4.78, 5) is 27.5. The fourth-order valence-corrected chi connectivity index (χ4v) is 4.42. The summed E-state index contributed by atoms with van der Waals surface area (Å²) in [5.74, 6) is -0.114. The molecule has 0 aliphatic carbocycles. The van der Waals surface area contributed by atoms with Gasteiger partial charge in [-0.15, -0.1) is 0 Å². The number of carbonyl (C=O) groups excluding carboxylic acids is 2. The van der Waals surface area contributed by atoms with Crippen molar-refractivity contribution in [2.24, 2.45) is 5.92 Å². The highest BCUT2D eigenvalue weighted by atomic mass is 19.1. The van der Waals surface area contributed by atoms with Gasteiger partial charge in [0.25, 0.3) is 5.91 Å². The molecule has 0 unspecified atom stereocenters. The third-order valence-corrected chi connectivity index (χ3v) is 6.27. The molecular formula is C26H32FN3O4. The van der Waals surface area contributed by atoms with E-state index in [4.69, 9.17) is 9.47 Å². The van der Waals surface area contributed by atoms with Gasteiger partial charge in [-0.2, -0.15) is 0 Å². The number of hydrazine groups is 1. The van der Waals surface area contributed by atoms with Crippen molar-refractivity contribution < 1.29 is 23.5 Å². The van der Waals surface area contributed by atoms with Crippen LogP contribution in [0, 0.1) is 11.7 Å². The number of ether oxygens (including phenoxy) is 2. The zero-order valence-electron chi connectivity index (χ0n) is 19.9. The number of nitrogens with one attached hydrogen (secondary N) is 1. The Labute approximate surface area is 199 Å². The number of nitrogens with zero attached hydrogens (tertiary/aromatic N) is 2. The van der Waals surface area contributed by atoms with E-state index in [2.05, 4.69) is 5.43 Å². The van der Waals surface area contributed by atoms with Crippen LogP contribution < -0.4 is 10.2 Å². The Hall–Kier alpha value is -2.97. The van der Waals surface area contributed by atoms with E-state index in [1.165, 1.54) is 12.1 Å². The van der Waals surface area contributed by atoms with Crippen LogP contribution in [0.15, 0.2) is 42.5 Å². The molecule has 34 heavy (non-hydrogen) atoms. The highest BCUT2D eigenvalue weighted by Crippen LogP contribution is 2.38. The summed E-state index contributed by atoms with van der Waals surface area (Å²) in [5, 5.41) is 1.83. The lowest BCUT2D eigenvalue weighted by Gasteiger charge is -2.39. The summed E-state index contributed by atoms with van der Waals surface area (Å²) in [6.07, 6.45) is 0.0147. The summed E-state index contributed by atoms with van der Waals surface area (Å²) < 4.78 is 24.9. The van der Waals surface area contributed by atoms with Gasteiger partial charge in [-0.25, -0.2) is 9.40 Å². The number of hydrogen-bond donors (Lipinski definition) is 1. The fourth-order valence-electron chi connectivity index (χ4n) is 4.42. The van der Waals surface area contributed by atoms with Crippen molar-refractivity contribution in [1.82, 2.24) is 15.3 Å². The molecular weight excluding hydrogens is 437 g/mol. The summed E-state index contributed by atoms with van der Waals surface area (Å²) in [6.45, 7) is 8.49. The number of fused-ring (bicyclic) bond motifs is 1. The molecule has 8 heteroatoms. The third-order valence-electron chi connectivity index (χ3n) is 6.27. The van der Waals surface area contributed by atoms with Crippen molar-refractivity contribution >= 4 is 11.8 Å². The van der Waals surface area contributed by atoms with Crippen LogP contribution in [-0.4, -0.2) is 60.7 Å². The summed E-state index contributed by atoms with van der Waals surface area (Å²) in [5.41, 5.74) is 5.76. The summed E-state index contributed by atoms with van der Waals surface area (Å²) in [7, 11) is 0. The molecule has 2 aromatic carbocycles. The average Bonchev–Trinajstić information content (AvgIpc) is 2.84. The number of carbonyl (C=O) groups is 2. The summed E-state index contributed by atoms with van der Waals surface area (Å²) in [6, 6.07) is 11.7. The molecule has 2 heterocycles. The smallest absolute Gasteiger partial charge is 0.275 e. The van der Waals surface area contributed by atoms with E-state index >= 15 is 0 Å². The van der Waals surface area contributed by atoms with Crippen LogP contribution in [0.3, 0.4) is 0 Å². The first-order valence-corrected chi connectivity index (χ1v) is 11.8. The van der Waals surface area contributed by atoms with E-state index in [1.54, 1.807) is 19.1 Å². The number of rotatable bonds is 6. The monoisotopic (exact) mass is 469 g/mol. The van der Waals surface area contributed by atoms with Crippen LogP contribution >= 0.6 is 0 Å². The van der Waals surface area contributed by atoms with Crippen molar-refractivity contribution in [1.29, 1.82) is 0 Å². The lowest BCUT2D eigenvalue weighted by Crippen LogP contribution is -2.51. The van der Waals surface area contributed by atoms with Crippen LogP contribution in [-0.2, 0) is 20.7 Å². The molecule has 2 aliphatic heterocycles. The third kappa shape index (κ3) is 5.39. The van der Waals surface area contributed by atoms with Crippen molar-refractivity contribution in [3.8, 4) is 5.75 Å². The fraction of sp³-hybridized carbons (Fsp3) is 0.462. The normalized spacial score (nSPS) is 19.4. The van der Waals surface area contributed by atoms with E-state index in [0.717, 1.165) is 23.1 Å². The van der Waals surface area contributed by atoms with E-state index in [0.29, 0.717) is 38.6 Å². The minimum Gasteiger partial charge on any atom is -0.481 e. The average molecular weight is 470 g/mol. The lowest BCUT2D eigenvalue weighted by atomic mass is 9.87. The molecule has 4 rings (SSSR count). The van der Waals surface area contributed by atoms with Crippen molar-refractivity contribution in [3.63, 3.8) is 0 Å². The Bertz CT molecular complexity index is 1020. The van der Waals surface area contributed by atoms with Gasteiger partial charge in [-0.05, 0) is 54.3 Å². The van der Waals surface area contributed by atoms with Gasteiger partial charge in [-0.3, -0.25) is 15.0 Å². The molecule has 1 saturated heterocycles. The van der Waals surface area contributed by atoms with Gasteiger partial charge >= 0.3 is 0 Å². The van der Waals surface area contributed by atoms with E-state index in [1.807, 2.05) is 42.0 Å². The van der Waals surface area contributed by atoms with E-state index in [-0.39, 0.29) is 29.6 Å². The highest BCUT2D eigenvalue weighted by molar-refractivity contribution is 5.80. The van der Waals surface area contributed by atoms with Crippen LogP contribution in [0.5, 0.6) is 5.75 Å². The SMILES string of the molecule is CC(C)C(=O)N1CCc2ccc(O[C@@H](C)C(=O)NN3CCOCC3)cc2[C@@H]1c1ccc(F)cc1. The van der Waals surface area contributed by atoms with Gasteiger partial charge in [0.15, 0.2) is 6.10 Å². The molecule has 0 radical (unpaired) electrons. The quantitative estimate of drug-likeness (QED) is 0.704. The van der Waals surface area contributed by atoms with Crippen molar-refractivity contribution in [2.45, 2.75) is 39.3 Å². The first-order chi connectivity index (χ1) is 16.3. The number of benzene rings is 2. The van der Waals surface area contributed by atoms with Gasteiger partial charge < -0.3 is 14.4 Å². The van der Waals surface area contributed by atoms with Crippen molar-refractivity contribution in [2.75, 3.05) is 32.8 Å². The Morgan fingerprint density at radius 1 is 1.06 bits per heavy atom. The molecule has 0 aromatic heterocycles. The summed E-state index contributed by atoms with van der Waals surface area (Å²) >= 11 is 0. The highest BCUT2D eigenvalue weighted by Gasteiger charge is 2.33. The number of amides is 2. The largest absolute Gasteiger partial charge is 0.481 e. The minimum atomic E-state index is -0.706. The van der Waals surface area contributed by atoms with Gasteiger partial charge in [-0.1, -0.05) is 32.0 Å². The number of morpholine rings is 1. The van der Waals surface area contributed by atoms with Gasteiger partial charge in [0.1, 0.15) is 11.6 Å². The van der Waals surface area contributed by atoms with Crippen molar-refractivity contribution in [3.05, 3.63) is 65.0 Å².